The largest absolute Gasteiger partial charge is 0.497 e. The molecule has 1 atom stereocenters. The molecule has 0 saturated carbocycles. The Hall–Kier alpha value is -1.53. The highest BCUT2D eigenvalue weighted by Gasteiger charge is 2.12. The van der Waals surface area contributed by atoms with Crippen LogP contribution < -0.4 is 10.1 Å². The van der Waals surface area contributed by atoms with E-state index in [9.17, 15) is 0 Å². The van der Waals surface area contributed by atoms with Crippen LogP contribution in [0.4, 0.5) is 5.95 Å². The molecule has 6 heteroatoms. The number of halogens is 1. The van der Waals surface area contributed by atoms with Crippen LogP contribution in [0.2, 0.25) is 0 Å². The fourth-order valence-corrected chi connectivity index (χ4v) is 2.57. The maximum absolute atomic E-state index is 5.32. The van der Waals surface area contributed by atoms with Crippen LogP contribution in [0.3, 0.4) is 0 Å². The zero-order chi connectivity index (χ0) is 15.4. The van der Waals surface area contributed by atoms with Crippen molar-refractivity contribution in [2.24, 2.45) is 0 Å². The van der Waals surface area contributed by atoms with Gasteiger partial charge in [0.15, 0.2) is 0 Å². The van der Waals surface area contributed by atoms with E-state index in [0.717, 1.165) is 27.6 Å². The number of aromatic nitrogens is 2. The third kappa shape index (κ3) is 3.98. The van der Waals surface area contributed by atoms with Crippen LogP contribution in [-0.2, 0) is 4.74 Å². The maximum Gasteiger partial charge on any atom is 0.208 e. The average molecular weight is 354 g/mol. The van der Waals surface area contributed by atoms with Gasteiger partial charge in [-0.1, -0.05) is 15.9 Å². The summed E-state index contributed by atoms with van der Waals surface area (Å²) in [5, 5.41) is 3.36. The molecule has 0 aliphatic carbocycles. The molecule has 2 aromatic rings. The Bertz CT molecular complexity index is 613. The molecular weight excluding hydrogens is 334 g/mol. The summed E-state index contributed by atoms with van der Waals surface area (Å²) in [5.41, 5.74) is 1.93. The van der Waals surface area contributed by atoms with E-state index in [4.69, 9.17) is 9.47 Å². The predicted molar refractivity (Wildman–Crippen MR) is 87.5 cm³/mol. The molecule has 1 aromatic heterocycles. The fourth-order valence-electron chi connectivity index (χ4n) is 2.11. The van der Waals surface area contributed by atoms with Gasteiger partial charge in [0.05, 0.1) is 25.1 Å². The second kappa shape index (κ2) is 6.95. The normalized spacial score (nSPS) is 12.2. The topological polar surface area (TPSA) is 48.3 Å². The van der Waals surface area contributed by atoms with Crippen LogP contribution in [-0.4, -0.2) is 36.4 Å². The second-order valence-electron chi connectivity index (χ2n) is 4.93. The maximum atomic E-state index is 5.32. The highest BCUT2D eigenvalue weighted by molar-refractivity contribution is 9.10. The van der Waals surface area contributed by atoms with Gasteiger partial charge in [-0.05, 0) is 26.0 Å². The van der Waals surface area contributed by atoms with E-state index in [1.165, 1.54) is 0 Å². The number of anilines is 1. The van der Waals surface area contributed by atoms with Gasteiger partial charge in [0, 0.05) is 29.9 Å². The van der Waals surface area contributed by atoms with Gasteiger partial charge in [-0.2, -0.15) is 0 Å². The van der Waals surface area contributed by atoms with Crippen molar-refractivity contribution < 1.29 is 9.47 Å². The number of rotatable bonds is 6. The van der Waals surface area contributed by atoms with Crippen molar-refractivity contribution in [2.75, 3.05) is 26.1 Å². The molecule has 0 aliphatic rings. The summed E-state index contributed by atoms with van der Waals surface area (Å²) >= 11 is 3.50. The molecule has 1 aromatic carbocycles. The molecular formula is C15H20BrN3O2. The summed E-state index contributed by atoms with van der Waals surface area (Å²) in [7, 11) is 3.35. The molecule has 0 bridgehead atoms. The Labute approximate surface area is 133 Å². The van der Waals surface area contributed by atoms with Gasteiger partial charge in [-0.3, -0.25) is 4.57 Å². The summed E-state index contributed by atoms with van der Waals surface area (Å²) in [6.45, 7) is 4.64. The van der Waals surface area contributed by atoms with Crippen molar-refractivity contribution in [1.29, 1.82) is 0 Å². The summed E-state index contributed by atoms with van der Waals surface area (Å²) in [5.74, 6) is 1.58. The fraction of sp³-hybridized carbons (Fsp3) is 0.400. The first-order chi connectivity index (χ1) is 10.0. The quantitative estimate of drug-likeness (QED) is 0.864. The van der Waals surface area contributed by atoms with Crippen molar-refractivity contribution in [2.45, 2.75) is 19.9 Å². The molecule has 1 unspecified atom stereocenters. The molecule has 21 heavy (non-hydrogen) atoms. The lowest BCUT2D eigenvalue weighted by atomic mass is 10.3. The van der Waals surface area contributed by atoms with Gasteiger partial charge in [-0.15, -0.1) is 0 Å². The Morgan fingerprint density at radius 3 is 2.76 bits per heavy atom. The predicted octanol–water partition coefficient (Wildman–Crippen LogP) is 3.40. The lowest BCUT2D eigenvalue weighted by Gasteiger charge is -2.15. The standard InChI is InChI=1S/C15H20BrN3O2/c1-10-8-19(15(17-10)18-11(2)9-20-3)13-5-12(16)6-14(7-13)21-4/h5-8,11H,9H2,1-4H3,(H,17,18). The van der Waals surface area contributed by atoms with Crippen molar-refractivity contribution in [3.63, 3.8) is 0 Å². The van der Waals surface area contributed by atoms with Crippen LogP contribution in [0.15, 0.2) is 28.9 Å². The van der Waals surface area contributed by atoms with E-state index in [0.29, 0.717) is 6.61 Å². The third-order valence-corrected chi connectivity index (χ3v) is 3.45. The molecule has 0 radical (unpaired) electrons. The van der Waals surface area contributed by atoms with E-state index < -0.39 is 0 Å². The first kappa shape index (κ1) is 15.9. The number of nitrogens with zero attached hydrogens (tertiary/aromatic N) is 2. The highest BCUT2D eigenvalue weighted by atomic mass is 79.9. The van der Waals surface area contributed by atoms with Gasteiger partial charge < -0.3 is 14.8 Å². The number of nitrogens with one attached hydrogen (secondary N) is 1. The van der Waals surface area contributed by atoms with E-state index in [-0.39, 0.29) is 6.04 Å². The number of methoxy groups -OCH3 is 2. The molecule has 5 nitrogen and oxygen atoms in total. The van der Waals surface area contributed by atoms with Crippen LogP contribution in [0, 0.1) is 6.92 Å². The number of ether oxygens (including phenoxy) is 2. The molecule has 0 fully saturated rings. The molecule has 0 spiro atoms. The van der Waals surface area contributed by atoms with E-state index in [1.807, 2.05) is 35.9 Å². The van der Waals surface area contributed by atoms with Gasteiger partial charge in [-0.25, -0.2) is 4.98 Å². The number of hydrogen-bond donors (Lipinski definition) is 1. The van der Waals surface area contributed by atoms with Gasteiger partial charge in [0.25, 0.3) is 0 Å². The van der Waals surface area contributed by atoms with Crippen molar-refractivity contribution in [1.82, 2.24) is 9.55 Å². The van der Waals surface area contributed by atoms with Gasteiger partial charge >= 0.3 is 0 Å². The molecule has 1 heterocycles. The van der Waals surface area contributed by atoms with Crippen molar-refractivity contribution >= 4 is 21.9 Å². The minimum atomic E-state index is 0.171. The Balaban J connectivity index is 2.37. The van der Waals surface area contributed by atoms with E-state index in [1.54, 1.807) is 14.2 Å². The first-order valence-corrected chi connectivity index (χ1v) is 7.49. The van der Waals surface area contributed by atoms with E-state index >= 15 is 0 Å². The average Bonchev–Trinajstić information content (AvgIpc) is 2.79. The second-order valence-corrected chi connectivity index (χ2v) is 5.84. The molecule has 1 N–H and O–H groups in total. The minimum absolute atomic E-state index is 0.171. The van der Waals surface area contributed by atoms with Crippen LogP contribution in [0.5, 0.6) is 5.75 Å². The van der Waals surface area contributed by atoms with Gasteiger partial charge in [0.2, 0.25) is 5.95 Å². The summed E-state index contributed by atoms with van der Waals surface area (Å²) in [6, 6.07) is 6.09. The highest BCUT2D eigenvalue weighted by Crippen LogP contribution is 2.26. The Kier molecular flexibility index (Phi) is 5.25. The number of benzene rings is 1. The molecule has 2 rings (SSSR count). The van der Waals surface area contributed by atoms with E-state index in [2.05, 4.69) is 33.2 Å². The molecule has 0 saturated heterocycles. The molecule has 0 amide bonds. The van der Waals surface area contributed by atoms with Crippen LogP contribution >= 0.6 is 15.9 Å². The summed E-state index contributed by atoms with van der Waals surface area (Å²) in [6.07, 6.45) is 1.99. The minimum Gasteiger partial charge on any atom is -0.497 e. The third-order valence-electron chi connectivity index (χ3n) is 2.99. The van der Waals surface area contributed by atoms with Crippen molar-refractivity contribution in [3.05, 3.63) is 34.6 Å². The van der Waals surface area contributed by atoms with Crippen LogP contribution in [0.1, 0.15) is 12.6 Å². The van der Waals surface area contributed by atoms with Crippen LogP contribution in [0.25, 0.3) is 5.69 Å². The smallest absolute Gasteiger partial charge is 0.208 e. The number of aryl methyl sites for hydroxylation is 1. The Morgan fingerprint density at radius 1 is 1.33 bits per heavy atom. The van der Waals surface area contributed by atoms with Gasteiger partial charge in [0.1, 0.15) is 5.75 Å². The summed E-state index contributed by atoms with van der Waals surface area (Å²) in [4.78, 5) is 4.53. The first-order valence-electron chi connectivity index (χ1n) is 6.70. The van der Waals surface area contributed by atoms with Crippen molar-refractivity contribution in [3.8, 4) is 11.4 Å². The lowest BCUT2D eigenvalue weighted by molar-refractivity contribution is 0.190. The molecule has 0 aliphatic heterocycles. The SMILES string of the molecule is COCC(C)Nc1nc(C)cn1-c1cc(Br)cc(OC)c1. The number of hydrogen-bond acceptors (Lipinski definition) is 4. The summed E-state index contributed by atoms with van der Waals surface area (Å²) < 4.78 is 13.4. The number of imidazole rings is 1. The molecule has 114 valence electrons. The monoisotopic (exact) mass is 353 g/mol. The lowest BCUT2D eigenvalue weighted by Crippen LogP contribution is -2.22. The Morgan fingerprint density at radius 2 is 2.10 bits per heavy atom. The zero-order valence-corrected chi connectivity index (χ0v) is 14.3. The zero-order valence-electron chi connectivity index (χ0n) is 12.7.